The smallest absolute Gasteiger partial charge is 0.335 e. The van der Waals surface area contributed by atoms with E-state index in [1.54, 1.807) is 0 Å². The van der Waals surface area contributed by atoms with E-state index in [1.165, 1.54) is 30.2 Å². The molecule has 1 aliphatic heterocycles. The van der Waals surface area contributed by atoms with Gasteiger partial charge in [-0.05, 0) is 18.2 Å². The predicted molar refractivity (Wildman–Crippen MR) is 75.3 cm³/mol. The van der Waals surface area contributed by atoms with Crippen LogP contribution >= 0.6 is 0 Å². The molecule has 0 spiro atoms. The zero-order valence-corrected chi connectivity index (χ0v) is 12.5. The van der Waals surface area contributed by atoms with Crippen molar-refractivity contribution in [3.05, 3.63) is 23.8 Å². The number of carbonyl (C=O) groups is 2. The highest BCUT2D eigenvalue weighted by Gasteiger charge is 2.35. The van der Waals surface area contributed by atoms with Crippen LogP contribution in [0.25, 0.3) is 0 Å². The third-order valence-corrected chi connectivity index (χ3v) is 4.23. The first-order valence-corrected chi connectivity index (χ1v) is 7.90. The molecule has 1 saturated heterocycles. The summed E-state index contributed by atoms with van der Waals surface area (Å²) in [6.07, 6.45) is -0.121. The molecule has 1 aliphatic rings. The van der Waals surface area contributed by atoms with Crippen LogP contribution in [-0.2, 0) is 15.0 Å². The average molecular weight is 331 g/mol. The zero-order chi connectivity index (χ0) is 16.5. The average Bonchev–Trinajstić information content (AvgIpc) is 2.76. The molecule has 1 unspecified atom stereocenters. The lowest BCUT2D eigenvalue weighted by Gasteiger charge is -2.20. The summed E-state index contributed by atoms with van der Waals surface area (Å²) < 4.78 is 39.3. The van der Waals surface area contributed by atoms with Gasteiger partial charge in [-0.2, -0.15) is 8.42 Å². The van der Waals surface area contributed by atoms with Gasteiger partial charge in [-0.15, -0.1) is 3.89 Å². The maximum Gasteiger partial charge on any atom is 0.335 e. The quantitative estimate of drug-likeness (QED) is 0.809. The second-order valence-electron chi connectivity index (χ2n) is 4.97. The number of methoxy groups -OCH3 is 1. The van der Waals surface area contributed by atoms with Crippen molar-refractivity contribution in [2.24, 2.45) is 5.92 Å². The third kappa shape index (κ3) is 3.53. The number of aromatic carboxylic acids is 1. The summed E-state index contributed by atoms with van der Waals surface area (Å²) in [5, 5.41) is 9.01. The van der Waals surface area contributed by atoms with Crippen molar-refractivity contribution in [1.29, 1.82) is 0 Å². The molecule has 0 aliphatic carbocycles. The minimum Gasteiger partial charge on any atom is -0.495 e. The highest BCUT2D eigenvalue weighted by Crippen LogP contribution is 2.34. The Morgan fingerprint density at radius 3 is 2.73 bits per heavy atom. The van der Waals surface area contributed by atoms with Gasteiger partial charge in [0.05, 0.1) is 24.1 Å². The lowest BCUT2D eigenvalue weighted by molar-refractivity contribution is -0.117. The van der Waals surface area contributed by atoms with Gasteiger partial charge < -0.3 is 14.7 Å². The second-order valence-corrected chi connectivity index (χ2v) is 6.38. The van der Waals surface area contributed by atoms with Crippen LogP contribution in [0.2, 0.25) is 0 Å². The highest BCUT2D eigenvalue weighted by molar-refractivity contribution is 7.86. The molecule has 0 bridgehead atoms. The van der Waals surface area contributed by atoms with Crippen molar-refractivity contribution in [1.82, 2.24) is 0 Å². The topological polar surface area (TPSA) is 101 Å². The molecule has 2 rings (SSSR count). The van der Waals surface area contributed by atoms with Crippen LogP contribution in [0.5, 0.6) is 5.75 Å². The van der Waals surface area contributed by atoms with Gasteiger partial charge in [0.25, 0.3) is 0 Å². The van der Waals surface area contributed by atoms with Gasteiger partial charge in [-0.1, -0.05) is 0 Å². The van der Waals surface area contributed by atoms with Crippen molar-refractivity contribution >= 4 is 27.8 Å². The second kappa shape index (κ2) is 5.91. The van der Waals surface area contributed by atoms with Gasteiger partial charge in [-0.25, -0.2) is 4.79 Å². The molecule has 9 heteroatoms. The van der Waals surface area contributed by atoms with Crippen LogP contribution in [0.4, 0.5) is 9.57 Å². The fourth-order valence-corrected chi connectivity index (χ4v) is 3.23. The molecule has 7 nitrogen and oxygen atoms in total. The number of halogens is 1. The van der Waals surface area contributed by atoms with Crippen molar-refractivity contribution in [2.45, 2.75) is 6.42 Å². The molecule has 22 heavy (non-hydrogen) atoms. The number of amides is 1. The number of carboxylic acid groups (broad SMARTS) is 1. The lowest BCUT2D eigenvalue weighted by Crippen LogP contribution is -2.26. The maximum atomic E-state index is 12.8. The van der Waals surface area contributed by atoms with Crippen molar-refractivity contribution < 1.29 is 31.7 Å². The van der Waals surface area contributed by atoms with Crippen LogP contribution < -0.4 is 9.64 Å². The summed E-state index contributed by atoms with van der Waals surface area (Å²) >= 11 is 0. The van der Waals surface area contributed by atoms with Crippen LogP contribution in [0.15, 0.2) is 18.2 Å². The number of anilines is 1. The molecule has 1 aromatic carbocycles. The molecule has 0 radical (unpaired) electrons. The predicted octanol–water partition coefficient (Wildman–Crippen LogP) is 1.05. The maximum absolute atomic E-state index is 12.8. The van der Waals surface area contributed by atoms with Gasteiger partial charge in [-0.3, -0.25) is 4.79 Å². The van der Waals surface area contributed by atoms with E-state index in [2.05, 4.69) is 0 Å². The Morgan fingerprint density at radius 2 is 2.18 bits per heavy atom. The molecule has 1 atom stereocenters. The van der Waals surface area contributed by atoms with Crippen LogP contribution in [0, 0.1) is 5.92 Å². The Morgan fingerprint density at radius 1 is 1.50 bits per heavy atom. The minimum atomic E-state index is -4.68. The zero-order valence-electron chi connectivity index (χ0n) is 11.7. The molecule has 1 heterocycles. The number of nitrogens with zero attached hydrogens (tertiary/aromatic N) is 1. The van der Waals surface area contributed by atoms with Crippen molar-refractivity contribution in [3.8, 4) is 5.75 Å². The summed E-state index contributed by atoms with van der Waals surface area (Å²) in [7, 11) is -3.31. The van der Waals surface area contributed by atoms with E-state index in [0.717, 1.165) is 0 Å². The summed E-state index contributed by atoms with van der Waals surface area (Å²) in [6, 6.07) is 4.01. The van der Waals surface area contributed by atoms with Gasteiger partial charge in [0, 0.05) is 18.9 Å². The normalized spacial score (nSPS) is 18.5. The monoisotopic (exact) mass is 331 g/mol. The van der Waals surface area contributed by atoms with Crippen molar-refractivity contribution in [2.75, 3.05) is 24.3 Å². The number of hydrogen-bond donors (Lipinski definition) is 1. The molecule has 120 valence electrons. The van der Waals surface area contributed by atoms with Gasteiger partial charge in [0.1, 0.15) is 5.75 Å². The Balaban J connectivity index is 2.33. The Kier molecular flexibility index (Phi) is 4.36. The van der Waals surface area contributed by atoms with E-state index >= 15 is 0 Å². The highest BCUT2D eigenvalue weighted by atomic mass is 32.3. The number of carboxylic acids is 1. The van der Waals surface area contributed by atoms with Gasteiger partial charge in [0.15, 0.2) is 0 Å². The molecular weight excluding hydrogens is 317 g/mol. The van der Waals surface area contributed by atoms with E-state index in [-0.39, 0.29) is 30.0 Å². The SMILES string of the molecule is COc1ccc(C(=O)O)cc1N1CC(CS(=O)(=O)F)CC1=O. The fraction of sp³-hybridized carbons (Fsp3) is 0.385. The van der Waals surface area contributed by atoms with E-state index in [9.17, 15) is 21.9 Å². The van der Waals surface area contributed by atoms with E-state index in [1.807, 2.05) is 0 Å². The van der Waals surface area contributed by atoms with E-state index in [4.69, 9.17) is 9.84 Å². The molecule has 1 fully saturated rings. The largest absolute Gasteiger partial charge is 0.495 e. The number of benzene rings is 1. The molecule has 0 aromatic heterocycles. The first kappa shape index (κ1) is 16.2. The summed E-state index contributed by atoms with van der Waals surface area (Å²) in [4.78, 5) is 24.3. The minimum absolute atomic E-state index is 0.0125. The first-order valence-electron chi connectivity index (χ1n) is 6.35. The van der Waals surface area contributed by atoms with Crippen LogP contribution in [-0.4, -0.2) is 44.8 Å². The number of rotatable bonds is 5. The van der Waals surface area contributed by atoms with Crippen LogP contribution in [0.3, 0.4) is 0 Å². The molecule has 1 N–H and O–H groups in total. The van der Waals surface area contributed by atoms with Crippen molar-refractivity contribution in [3.63, 3.8) is 0 Å². The number of hydrogen-bond acceptors (Lipinski definition) is 5. The van der Waals surface area contributed by atoms with E-state index < -0.39 is 33.8 Å². The standard InChI is InChI=1S/C13H14FNO6S/c1-21-11-3-2-9(13(17)18)5-10(11)15-6-8(4-12(15)16)7-22(14,19)20/h2-3,5,8H,4,6-7H2,1H3,(H,17,18). The Bertz CT molecular complexity index is 717. The Labute approximate surface area is 126 Å². The Hall–Kier alpha value is -2.16. The molecule has 1 aromatic rings. The fourth-order valence-electron chi connectivity index (χ4n) is 2.44. The first-order chi connectivity index (χ1) is 10.2. The molecule has 1 amide bonds. The summed E-state index contributed by atoms with van der Waals surface area (Å²) in [6.45, 7) is -0.0125. The third-order valence-electron chi connectivity index (χ3n) is 3.36. The van der Waals surface area contributed by atoms with Gasteiger partial charge >= 0.3 is 16.2 Å². The molecular formula is C13H14FNO6S. The van der Waals surface area contributed by atoms with Crippen LogP contribution in [0.1, 0.15) is 16.8 Å². The summed E-state index contributed by atoms with van der Waals surface area (Å²) in [5.74, 6) is -2.72. The number of ether oxygens (including phenoxy) is 1. The van der Waals surface area contributed by atoms with E-state index in [0.29, 0.717) is 0 Å². The summed E-state index contributed by atoms with van der Waals surface area (Å²) in [5.41, 5.74) is 0.191. The number of carbonyl (C=O) groups excluding carboxylic acids is 1. The lowest BCUT2D eigenvalue weighted by atomic mass is 10.1. The molecule has 0 saturated carbocycles. The van der Waals surface area contributed by atoms with Gasteiger partial charge in [0.2, 0.25) is 5.91 Å².